The number of carbonyl (C=O) groups is 1. The maximum Gasteiger partial charge on any atom is 0.270 e. The third kappa shape index (κ3) is 4.31. The van der Waals surface area contributed by atoms with Gasteiger partial charge in [-0.3, -0.25) is 9.78 Å². The van der Waals surface area contributed by atoms with Gasteiger partial charge in [0.1, 0.15) is 17.5 Å². The Kier molecular flexibility index (Phi) is 5.65. The van der Waals surface area contributed by atoms with Gasteiger partial charge in [-0.05, 0) is 31.4 Å². The minimum atomic E-state index is -0.108. The van der Waals surface area contributed by atoms with Crippen LogP contribution in [0.5, 0.6) is 0 Å². The highest BCUT2D eigenvalue weighted by molar-refractivity contribution is 7.21. The summed E-state index contributed by atoms with van der Waals surface area (Å²) in [4.78, 5) is 35.9. The standard InChI is InChI=1S/C21H25N7O2S/c1-14-2-3-16(22-12-14)19(29)25-15-4-6-28(7-5-15)21-26-17-18(23-13-24-20(17)31-21)27-8-10-30-11-9-27/h2-3,12-13,15H,4-11H2,1H3,(H,25,29). The summed E-state index contributed by atoms with van der Waals surface area (Å²) in [5.41, 5.74) is 2.38. The number of rotatable bonds is 4. The Morgan fingerprint density at radius 2 is 1.90 bits per heavy atom. The Morgan fingerprint density at radius 3 is 2.65 bits per heavy atom. The molecule has 0 bridgehead atoms. The molecule has 31 heavy (non-hydrogen) atoms. The fourth-order valence-electron chi connectivity index (χ4n) is 3.95. The van der Waals surface area contributed by atoms with Crippen LogP contribution in [0.4, 0.5) is 10.9 Å². The number of anilines is 2. The van der Waals surface area contributed by atoms with Crippen molar-refractivity contribution >= 4 is 38.5 Å². The Hall–Kier alpha value is -2.85. The van der Waals surface area contributed by atoms with Crippen molar-refractivity contribution in [1.82, 2.24) is 25.3 Å². The molecule has 3 aromatic rings. The van der Waals surface area contributed by atoms with Crippen LogP contribution in [-0.2, 0) is 4.74 Å². The number of aromatic nitrogens is 4. The molecule has 0 radical (unpaired) electrons. The number of hydrogen-bond donors (Lipinski definition) is 1. The topological polar surface area (TPSA) is 96.4 Å². The first-order chi connectivity index (χ1) is 15.2. The molecule has 5 heterocycles. The van der Waals surface area contributed by atoms with Crippen molar-refractivity contribution in [3.05, 3.63) is 35.9 Å². The van der Waals surface area contributed by atoms with E-state index in [4.69, 9.17) is 9.72 Å². The number of thiazole rings is 1. The normalized spacial score (nSPS) is 17.8. The van der Waals surface area contributed by atoms with E-state index >= 15 is 0 Å². The van der Waals surface area contributed by atoms with Crippen molar-refractivity contribution in [2.24, 2.45) is 0 Å². The first-order valence-electron chi connectivity index (χ1n) is 10.6. The summed E-state index contributed by atoms with van der Waals surface area (Å²) in [5.74, 6) is 0.785. The van der Waals surface area contributed by atoms with Gasteiger partial charge in [-0.25, -0.2) is 15.0 Å². The fourth-order valence-corrected chi connectivity index (χ4v) is 4.90. The van der Waals surface area contributed by atoms with Crippen LogP contribution in [0.2, 0.25) is 0 Å². The summed E-state index contributed by atoms with van der Waals surface area (Å²) in [6.45, 7) is 6.69. The van der Waals surface area contributed by atoms with Crippen molar-refractivity contribution in [2.75, 3.05) is 49.2 Å². The highest BCUT2D eigenvalue weighted by Gasteiger charge is 2.25. The summed E-state index contributed by atoms with van der Waals surface area (Å²) in [6, 6.07) is 3.82. The van der Waals surface area contributed by atoms with Gasteiger partial charge in [-0.1, -0.05) is 17.4 Å². The highest BCUT2D eigenvalue weighted by atomic mass is 32.1. The molecule has 0 aliphatic carbocycles. The molecule has 1 amide bonds. The quantitative estimate of drug-likeness (QED) is 0.660. The van der Waals surface area contributed by atoms with Gasteiger partial charge in [-0.15, -0.1) is 0 Å². The molecular formula is C21H25N7O2S. The third-order valence-electron chi connectivity index (χ3n) is 5.72. The van der Waals surface area contributed by atoms with Crippen molar-refractivity contribution in [2.45, 2.75) is 25.8 Å². The van der Waals surface area contributed by atoms with E-state index in [0.29, 0.717) is 18.9 Å². The lowest BCUT2D eigenvalue weighted by Crippen LogP contribution is -2.44. The Balaban J connectivity index is 1.24. The largest absolute Gasteiger partial charge is 0.378 e. The number of pyridine rings is 1. The molecular weight excluding hydrogens is 414 g/mol. The van der Waals surface area contributed by atoms with Crippen LogP contribution in [0.25, 0.3) is 10.3 Å². The van der Waals surface area contributed by atoms with Crippen molar-refractivity contribution in [1.29, 1.82) is 0 Å². The summed E-state index contributed by atoms with van der Waals surface area (Å²) >= 11 is 1.60. The van der Waals surface area contributed by atoms with E-state index in [9.17, 15) is 4.79 Å². The fraction of sp³-hybridized carbons (Fsp3) is 0.476. The molecule has 0 unspecified atom stereocenters. The number of ether oxygens (including phenoxy) is 1. The zero-order chi connectivity index (χ0) is 21.2. The van der Waals surface area contributed by atoms with Crippen LogP contribution in [-0.4, -0.2) is 71.3 Å². The molecule has 2 aliphatic heterocycles. The van der Waals surface area contributed by atoms with Gasteiger partial charge in [0.2, 0.25) is 0 Å². The first kappa shape index (κ1) is 20.1. The molecule has 162 valence electrons. The summed E-state index contributed by atoms with van der Waals surface area (Å²) in [7, 11) is 0. The third-order valence-corrected chi connectivity index (χ3v) is 6.74. The molecule has 0 saturated carbocycles. The SMILES string of the molecule is Cc1ccc(C(=O)NC2CCN(c3nc4c(N5CCOCC5)ncnc4s3)CC2)nc1. The zero-order valence-corrected chi connectivity index (χ0v) is 18.3. The summed E-state index contributed by atoms with van der Waals surface area (Å²) in [6.07, 6.45) is 5.08. The van der Waals surface area contributed by atoms with E-state index < -0.39 is 0 Å². The van der Waals surface area contributed by atoms with Crippen LogP contribution in [0.15, 0.2) is 24.7 Å². The lowest BCUT2D eigenvalue weighted by molar-refractivity contribution is 0.0926. The van der Waals surface area contributed by atoms with Crippen LogP contribution in [0, 0.1) is 6.92 Å². The van der Waals surface area contributed by atoms with Crippen molar-refractivity contribution < 1.29 is 9.53 Å². The van der Waals surface area contributed by atoms with E-state index in [2.05, 4.69) is 30.1 Å². The summed E-state index contributed by atoms with van der Waals surface area (Å²) in [5, 5.41) is 4.09. The molecule has 2 aliphatic rings. The van der Waals surface area contributed by atoms with E-state index in [0.717, 1.165) is 65.9 Å². The van der Waals surface area contributed by atoms with Crippen LogP contribution < -0.4 is 15.1 Å². The minimum absolute atomic E-state index is 0.108. The molecule has 2 fully saturated rings. The van der Waals surface area contributed by atoms with Gasteiger partial charge in [0, 0.05) is 38.4 Å². The molecule has 9 nitrogen and oxygen atoms in total. The van der Waals surface area contributed by atoms with E-state index in [1.54, 1.807) is 29.9 Å². The molecule has 0 atom stereocenters. The summed E-state index contributed by atoms with van der Waals surface area (Å²) < 4.78 is 5.46. The first-order valence-corrected chi connectivity index (χ1v) is 11.4. The average Bonchev–Trinajstić information content (AvgIpc) is 3.25. The van der Waals surface area contributed by atoms with E-state index in [-0.39, 0.29) is 11.9 Å². The number of piperidine rings is 1. The van der Waals surface area contributed by atoms with Crippen LogP contribution >= 0.6 is 11.3 Å². The van der Waals surface area contributed by atoms with Gasteiger partial charge < -0.3 is 19.9 Å². The second-order valence-corrected chi connectivity index (χ2v) is 8.86. The second-order valence-electron chi connectivity index (χ2n) is 7.90. The van der Waals surface area contributed by atoms with Crippen molar-refractivity contribution in [3.8, 4) is 0 Å². The smallest absolute Gasteiger partial charge is 0.270 e. The zero-order valence-electron chi connectivity index (χ0n) is 17.5. The lowest BCUT2D eigenvalue weighted by Gasteiger charge is -2.32. The van der Waals surface area contributed by atoms with Crippen molar-refractivity contribution in [3.63, 3.8) is 0 Å². The number of fused-ring (bicyclic) bond motifs is 1. The molecule has 10 heteroatoms. The van der Waals surface area contributed by atoms with Gasteiger partial charge in [0.15, 0.2) is 15.8 Å². The Bertz CT molecular complexity index is 1060. The maximum atomic E-state index is 12.5. The number of amides is 1. The molecule has 0 aromatic carbocycles. The van der Waals surface area contributed by atoms with E-state index in [1.807, 2.05) is 13.0 Å². The second kappa shape index (κ2) is 8.72. The maximum absolute atomic E-state index is 12.5. The monoisotopic (exact) mass is 439 g/mol. The van der Waals surface area contributed by atoms with Gasteiger partial charge in [0.25, 0.3) is 5.91 Å². The molecule has 2 saturated heterocycles. The minimum Gasteiger partial charge on any atom is -0.378 e. The lowest BCUT2D eigenvalue weighted by atomic mass is 10.1. The highest BCUT2D eigenvalue weighted by Crippen LogP contribution is 2.33. The van der Waals surface area contributed by atoms with Gasteiger partial charge >= 0.3 is 0 Å². The number of morpholine rings is 1. The van der Waals surface area contributed by atoms with Crippen LogP contribution in [0.3, 0.4) is 0 Å². The van der Waals surface area contributed by atoms with E-state index in [1.165, 1.54) is 0 Å². The number of carbonyl (C=O) groups excluding carboxylic acids is 1. The predicted molar refractivity (Wildman–Crippen MR) is 120 cm³/mol. The number of nitrogens with zero attached hydrogens (tertiary/aromatic N) is 6. The molecule has 5 rings (SSSR count). The van der Waals surface area contributed by atoms with Gasteiger partial charge in [-0.2, -0.15) is 0 Å². The molecule has 0 spiro atoms. The van der Waals surface area contributed by atoms with Crippen LogP contribution in [0.1, 0.15) is 28.9 Å². The Labute approximate surface area is 184 Å². The number of nitrogens with one attached hydrogen (secondary N) is 1. The number of aryl methyl sites for hydroxylation is 1. The number of hydrogen-bond acceptors (Lipinski definition) is 9. The Morgan fingerprint density at radius 1 is 1.10 bits per heavy atom. The van der Waals surface area contributed by atoms with Gasteiger partial charge in [0.05, 0.1) is 13.2 Å². The average molecular weight is 440 g/mol. The molecule has 1 N–H and O–H groups in total. The molecule has 3 aromatic heterocycles. The predicted octanol–water partition coefficient (Wildman–Crippen LogP) is 2.03.